The number of hydrogen-bond donors (Lipinski definition) is 1. The van der Waals surface area contributed by atoms with E-state index in [1.807, 2.05) is 6.92 Å². The molecule has 1 saturated heterocycles. The third-order valence-corrected chi connectivity index (χ3v) is 4.50. The molecule has 1 aromatic heterocycles. The van der Waals surface area contributed by atoms with E-state index < -0.39 is 0 Å². The maximum absolute atomic E-state index is 11.9. The Balaban J connectivity index is 1.84. The molecule has 0 amide bonds. The third kappa shape index (κ3) is 3.71. The molecule has 5 nitrogen and oxygen atoms in total. The average Bonchev–Trinajstić information content (AvgIpc) is 2.76. The van der Waals surface area contributed by atoms with Gasteiger partial charge in [-0.25, -0.2) is 4.79 Å². The van der Waals surface area contributed by atoms with E-state index in [1.54, 1.807) is 6.07 Å². The summed E-state index contributed by atoms with van der Waals surface area (Å²) < 4.78 is 11.0. The van der Waals surface area contributed by atoms with E-state index in [9.17, 15) is 4.79 Å². The number of thiophene rings is 1. The standard InChI is InChI=1S/C14H22N2O3S/c1-9(2)16-4-5-18-11(7-16)8-19-14(17)13-6-12(15)10(3)20-13/h6,9,11H,4-5,7-8,15H2,1-3H3. The van der Waals surface area contributed by atoms with Crippen LogP contribution in [0.3, 0.4) is 0 Å². The molecule has 112 valence electrons. The molecular formula is C14H22N2O3S. The van der Waals surface area contributed by atoms with Crippen LogP contribution in [0.2, 0.25) is 0 Å². The summed E-state index contributed by atoms with van der Waals surface area (Å²) in [5, 5.41) is 0. The van der Waals surface area contributed by atoms with Crippen molar-refractivity contribution in [1.82, 2.24) is 4.90 Å². The number of rotatable bonds is 4. The van der Waals surface area contributed by atoms with Gasteiger partial charge in [0, 0.05) is 29.7 Å². The lowest BCUT2D eigenvalue weighted by Crippen LogP contribution is -2.47. The van der Waals surface area contributed by atoms with Crippen molar-refractivity contribution in [2.75, 3.05) is 32.0 Å². The molecule has 1 atom stereocenters. The fourth-order valence-corrected chi connectivity index (χ4v) is 2.98. The van der Waals surface area contributed by atoms with Crippen molar-refractivity contribution in [1.29, 1.82) is 0 Å². The van der Waals surface area contributed by atoms with Crippen LogP contribution in [0.5, 0.6) is 0 Å². The van der Waals surface area contributed by atoms with E-state index in [2.05, 4.69) is 18.7 Å². The molecule has 2 heterocycles. The van der Waals surface area contributed by atoms with Crippen molar-refractivity contribution in [2.45, 2.75) is 32.9 Å². The summed E-state index contributed by atoms with van der Waals surface area (Å²) in [5.74, 6) is -0.319. The summed E-state index contributed by atoms with van der Waals surface area (Å²) in [6.07, 6.45) is -0.0477. The van der Waals surface area contributed by atoms with Crippen LogP contribution in [0.1, 0.15) is 28.4 Å². The van der Waals surface area contributed by atoms with Crippen LogP contribution in [0.15, 0.2) is 6.07 Å². The molecule has 0 radical (unpaired) electrons. The molecule has 1 unspecified atom stereocenters. The molecular weight excluding hydrogens is 276 g/mol. The van der Waals surface area contributed by atoms with Gasteiger partial charge in [-0.3, -0.25) is 4.90 Å². The normalized spacial score (nSPS) is 20.3. The Kier molecular flexibility index (Phi) is 5.01. The molecule has 1 aliphatic rings. The number of carbonyl (C=O) groups excluding carboxylic acids is 1. The van der Waals surface area contributed by atoms with Crippen LogP contribution < -0.4 is 5.73 Å². The lowest BCUT2D eigenvalue weighted by molar-refractivity contribution is -0.0661. The van der Waals surface area contributed by atoms with Gasteiger partial charge in [-0.1, -0.05) is 0 Å². The van der Waals surface area contributed by atoms with Gasteiger partial charge in [0.15, 0.2) is 0 Å². The molecule has 2 rings (SSSR count). The molecule has 20 heavy (non-hydrogen) atoms. The highest BCUT2D eigenvalue weighted by Crippen LogP contribution is 2.24. The van der Waals surface area contributed by atoms with E-state index in [-0.39, 0.29) is 12.1 Å². The van der Waals surface area contributed by atoms with Gasteiger partial charge < -0.3 is 15.2 Å². The van der Waals surface area contributed by atoms with Crippen molar-refractivity contribution in [3.8, 4) is 0 Å². The quantitative estimate of drug-likeness (QED) is 0.860. The van der Waals surface area contributed by atoms with Crippen LogP contribution in [0, 0.1) is 6.92 Å². The van der Waals surface area contributed by atoms with Crippen LogP contribution in [-0.2, 0) is 9.47 Å². The number of carbonyl (C=O) groups is 1. The smallest absolute Gasteiger partial charge is 0.348 e. The molecule has 0 bridgehead atoms. The van der Waals surface area contributed by atoms with E-state index in [1.165, 1.54) is 11.3 Å². The van der Waals surface area contributed by atoms with Gasteiger partial charge in [-0.2, -0.15) is 0 Å². The van der Waals surface area contributed by atoms with Gasteiger partial charge in [0.25, 0.3) is 0 Å². The predicted octanol–water partition coefficient (Wildman–Crippen LogP) is 1.90. The lowest BCUT2D eigenvalue weighted by atomic mass is 10.2. The lowest BCUT2D eigenvalue weighted by Gasteiger charge is -2.35. The second-order valence-electron chi connectivity index (χ2n) is 5.30. The number of esters is 1. The molecule has 6 heteroatoms. The molecule has 1 aliphatic heterocycles. The Hall–Kier alpha value is -1.11. The topological polar surface area (TPSA) is 64.8 Å². The number of nitrogens with two attached hydrogens (primary N) is 1. The van der Waals surface area contributed by atoms with Crippen LogP contribution in [0.4, 0.5) is 5.69 Å². The molecule has 1 fully saturated rings. The molecule has 0 aliphatic carbocycles. The zero-order valence-electron chi connectivity index (χ0n) is 12.2. The number of hydrogen-bond acceptors (Lipinski definition) is 6. The number of ether oxygens (including phenoxy) is 2. The summed E-state index contributed by atoms with van der Waals surface area (Å²) in [4.78, 5) is 15.8. The minimum Gasteiger partial charge on any atom is -0.459 e. The van der Waals surface area contributed by atoms with Crippen LogP contribution >= 0.6 is 11.3 Å². The summed E-state index contributed by atoms with van der Waals surface area (Å²) in [7, 11) is 0. The molecule has 2 N–H and O–H groups in total. The first-order valence-electron chi connectivity index (χ1n) is 6.86. The fourth-order valence-electron chi connectivity index (χ4n) is 2.15. The zero-order valence-corrected chi connectivity index (χ0v) is 13.0. The Labute approximate surface area is 123 Å². The molecule has 0 spiro atoms. The number of anilines is 1. The highest BCUT2D eigenvalue weighted by atomic mass is 32.1. The minimum absolute atomic E-state index is 0.0477. The fraction of sp³-hybridized carbons (Fsp3) is 0.643. The number of nitrogen functional groups attached to an aromatic ring is 1. The predicted molar refractivity (Wildman–Crippen MR) is 80.2 cm³/mol. The highest BCUT2D eigenvalue weighted by Gasteiger charge is 2.24. The Bertz CT molecular complexity index is 453. The minimum atomic E-state index is -0.319. The second kappa shape index (κ2) is 6.56. The summed E-state index contributed by atoms with van der Waals surface area (Å²) in [5.41, 5.74) is 6.38. The first-order valence-corrected chi connectivity index (χ1v) is 7.67. The van der Waals surface area contributed by atoms with Crippen LogP contribution in [0.25, 0.3) is 0 Å². The maximum Gasteiger partial charge on any atom is 0.348 e. The monoisotopic (exact) mass is 298 g/mol. The Morgan fingerprint density at radius 2 is 2.40 bits per heavy atom. The van der Waals surface area contributed by atoms with Gasteiger partial charge in [0.05, 0.1) is 6.61 Å². The second-order valence-corrected chi connectivity index (χ2v) is 6.56. The van der Waals surface area contributed by atoms with Crippen molar-refractivity contribution in [2.24, 2.45) is 0 Å². The van der Waals surface area contributed by atoms with Gasteiger partial charge >= 0.3 is 5.97 Å². The van der Waals surface area contributed by atoms with Gasteiger partial charge in [-0.15, -0.1) is 11.3 Å². The van der Waals surface area contributed by atoms with E-state index in [4.69, 9.17) is 15.2 Å². The van der Waals surface area contributed by atoms with Crippen molar-refractivity contribution in [3.63, 3.8) is 0 Å². The molecule has 0 saturated carbocycles. The average molecular weight is 298 g/mol. The first-order chi connectivity index (χ1) is 9.47. The van der Waals surface area contributed by atoms with Gasteiger partial charge in [0.1, 0.15) is 17.6 Å². The number of aryl methyl sites for hydroxylation is 1. The van der Waals surface area contributed by atoms with E-state index in [0.717, 1.165) is 18.0 Å². The summed E-state index contributed by atoms with van der Waals surface area (Å²) in [6, 6.07) is 2.15. The van der Waals surface area contributed by atoms with E-state index >= 15 is 0 Å². The van der Waals surface area contributed by atoms with Crippen molar-refractivity contribution >= 4 is 23.0 Å². The maximum atomic E-state index is 11.9. The Morgan fingerprint density at radius 3 is 3.00 bits per heavy atom. The largest absolute Gasteiger partial charge is 0.459 e. The van der Waals surface area contributed by atoms with Gasteiger partial charge in [-0.05, 0) is 26.8 Å². The highest BCUT2D eigenvalue weighted by molar-refractivity contribution is 7.14. The first kappa shape index (κ1) is 15.3. The molecule has 0 aromatic carbocycles. The number of nitrogens with zero attached hydrogens (tertiary/aromatic N) is 1. The zero-order chi connectivity index (χ0) is 14.7. The van der Waals surface area contributed by atoms with Crippen molar-refractivity contribution in [3.05, 3.63) is 15.8 Å². The van der Waals surface area contributed by atoms with Gasteiger partial charge in [0.2, 0.25) is 0 Å². The summed E-state index contributed by atoms with van der Waals surface area (Å²) in [6.45, 7) is 8.92. The van der Waals surface area contributed by atoms with Crippen LogP contribution in [-0.4, -0.2) is 49.3 Å². The van der Waals surface area contributed by atoms with Crippen molar-refractivity contribution < 1.29 is 14.3 Å². The third-order valence-electron chi connectivity index (χ3n) is 3.46. The number of morpholine rings is 1. The summed E-state index contributed by atoms with van der Waals surface area (Å²) >= 11 is 1.36. The Morgan fingerprint density at radius 1 is 1.65 bits per heavy atom. The molecule has 1 aromatic rings. The van der Waals surface area contributed by atoms with E-state index in [0.29, 0.717) is 29.8 Å². The SMILES string of the molecule is Cc1sc(C(=O)OCC2CN(C(C)C)CCO2)cc1N.